The van der Waals surface area contributed by atoms with Crippen molar-refractivity contribution in [2.45, 2.75) is 341 Å². The molecule has 0 heterocycles. The minimum atomic E-state index is -4.97. The smallest absolute Gasteiger partial charge is 0.462 e. The van der Waals surface area contributed by atoms with Crippen molar-refractivity contribution in [3.8, 4) is 0 Å². The van der Waals surface area contributed by atoms with E-state index in [1.165, 1.54) is 83.5 Å². The van der Waals surface area contributed by atoms with Crippen molar-refractivity contribution in [2.75, 3.05) is 39.6 Å². The topological polar surface area (TPSA) is 237 Å². The highest BCUT2D eigenvalue weighted by atomic mass is 31.2. The fourth-order valence-electron chi connectivity index (χ4n) is 9.75. The first-order chi connectivity index (χ1) is 44.7. The number of carbonyl (C=O) groups excluding carboxylic acids is 4. The molecule has 536 valence electrons. The fraction of sp³-hybridized carbons (Fsp3) is 0.808. The molecule has 0 spiro atoms. The third kappa shape index (κ3) is 65.4. The van der Waals surface area contributed by atoms with E-state index in [1.54, 1.807) is 0 Å². The van der Waals surface area contributed by atoms with Crippen LogP contribution < -0.4 is 0 Å². The van der Waals surface area contributed by atoms with E-state index in [0.29, 0.717) is 25.7 Å². The number of unbranched alkanes of at least 4 members (excludes halogenated alkanes) is 33. The molecule has 92 heavy (non-hydrogen) atoms. The lowest BCUT2D eigenvalue weighted by atomic mass is 10.1. The predicted octanol–water partition coefficient (Wildman–Crippen LogP) is 20.3. The molecular weight excluding hydrogens is 1210 g/mol. The molecule has 3 N–H and O–H groups in total. The van der Waals surface area contributed by atoms with Gasteiger partial charge in [0.2, 0.25) is 0 Å². The average Bonchev–Trinajstić information content (AvgIpc) is 3.58. The number of hydrogen-bond acceptors (Lipinski definition) is 15. The lowest BCUT2D eigenvalue weighted by Gasteiger charge is -2.21. The van der Waals surface area contributed by atoms with Gasteiger partial charge in [0.05, 0.1) is 26.4 Å². The highest BCUT2D eigenvalue weighted by Crippen LogP contribution is 2.45. The first-order valence-corrected chi connectivity index (χ1v) is 39.5. The van der Waals surface area contributed by atoms with Gasteiger partial charge in [0.15, 0.2) is 12.2 Å². The molecule has 5 unspecified atom stereocenters. The summed E-state index contributed by atoms with van der Waals surface area (Å²) < 4.78 is 68.2. The second kappa shape index (κ2) is 66.4. The first kappa shape index (κ1) is 88.8. The normalized spacial score (nSPS) is 14.4. The van der Waals surface area contributed by atoms with E-state index in [1.807, 2.05) is 0 Å². The zero-order valence-electron chi connectivity index (χ0n) is 58.2. The molecule has 0 saturated heterocycles. The van der Waals surface area contributed by atoms with Gasteiger partial charge in [-0.3, -0.25) is 37.3 Å². The monoisotopic (exact) mass is 1340 g/mol. The van der Waals surface area contributed by atoms with E-state index < -0.39 is 97.5 Å². The summed E-state index contributed by atoms with van der Waals surface area (Å²) in [6.07, 6.45) is 62.2. The van der Waals surface area contributed by atoms with E-state index >= 15 is 0 Å². The molecule has 19 heteroatoms. The molecule has 0 aromatic heterocycles. The Morgan fingerprint density at radius 1 is 0.304 bits per heavy atom. The molecule has 0 radical (unpaired) electrons. The van der Waals surface area contributed by atoms with E-state index in [-0.39, 0.29) is 25.7 Å². The summed E-state index contributed by atoms with van der Waals surface area (Å²) in [6, 6.07) is 0. The van der Waals surface area contributed by atoms with Gasteiger partial charge in [0.25, 0.3) is 0 Å². The lowest BCUT2D eigenvalue weighted by molar-refractivity contribution is -0.161. The molecule has 5 atom stereocenters. The summed E-state index contributed by atoms with van der Waals surface area (Å²) in [4.78, 5) is 72.6. The standard InChI is InChI=1S/C73H132O17P2/c1-5-9-13-17-21-25-29-32-33-36-39-42-46-50-54-58-71(76)84-64-69(90-73(78)60-56-52-48-44-40-35-31-27-23-19-15-11-7-3)66-88-92(81,82)86-62-67(74)61-85-91(79,80)87-65-68(89-72(77)59-55-51-47-43-37-28-24-20-16-12-8-4)63-83-70(75)57-53-49-45-41-38-34-30-26-22-18-14-10-6-2/h20-21,24-27,30-33,67-69,74H,5-19,22-23,28-29,34-66H2,1-4H3,(H,79,80)(H,81,82)/b24-20-,25-21-,30-26-,31-27-,33-32-. The summed E-state index contributed by atoms with van der Waals surface area (Å²) in [5.41, 5.74) is 0. The van der Waals surface area contributed by atoms with Crippen molar-refractivity contribution in [2.24, 2.45) is 0 Å². The van der Waals surface area contributed by atoms with Gasteiger partial charge < -0.3 is 33.8 Å². The predicted molar refractivity (Wildman–Crippen MR) is 372 cm³/mol. The van der Waals surface area contributed by atoms with E-state index in [4.69, 9.17) is 37.0 Å². The molecule has 0 aromatic carbocycles. The quantitative estimate of drug-likeness (QED) is 0.0169. The Balaban J connectivity index is 5.32. The maximum atomic E-state index is 13.0. The highest BCUT2D eigenvalue weighted by molar-refractivity contribution is 7.47. The largest absolute Gasteiger partial charge is 0.472 e. The van der Waals surface area contributed by atoms with E-state index in [9.17, 15) is 43.2 Å². The van der Waals surface area contributed by atoms with Crippen LogP contribution in [0.25, 0.3) is 0 Å². The number of rotatable bonds is 69. The van der Waals surface area contributed by atoms with Crippen LogP contribution in [0.15, 0.2) is 60.8 Å². The molecule has 0 bridgehead atoms. The minimum absolute atomic E-state index is 0.0848. The number of hydrogen-bond donors (Lipinski definition) is 3. The Morgan fingerprint density at radius 3 is 0.870 bits per heavy atom. The SMILES string of the molecule is CCCC/C=C\CCCCCCCC(=O)OC(COC(=O)CCCCCCC/C=C\CCCCCC)COP(=O)(O)OCC(O)COP(=O)(O)OCC(COC(=O)CCCCCCC/C=C\C/C=C\CCCCC)OC(=O)CCCCCCC/C=C\CCCCCC. The van der Waals surface area contributed by atoms with Crippen molar-refractivity contribution < 1.29 is 80.2 Å². The Morgan fingerprint density at radius 2 is 0.543 bits per heavy atom. The van der Waals surface area contributed by atoms with Crippen molar-refractivity contribution in [3.05, 3.63) is 60.8 Å². The summed E-state index contributed by atoms with van der Waals surface area (Å²) in [5, 5.41) is 10.6. The van der Waals surface area contributed by atoms with Crippen molar-refractivity contribution >= 4 is 39.5 Å². The molecule has 0 rings (SSSR count). The molecule has 0 aliphatic heterocycles. The van der Waals surface area contributed by atoms with E-state index in [0.717, 1.165) is 161 Å². The second-order valence-corrected chi connectivity index (χ2v) is 27.4. The third-order valence-corrected chi connectivity index (χ3v) is 17.3. The molecule has 17 nitrogen and oxygen atoms in total. The van der Waals surface area contributed by atoms with Crippen LogP contribution in [0.4, 0.5) is 0 Å². The number of phosphoric ester groups is 2. The Bertz CT molecular complexity index is 1990. The highest BCUT2D eigenvalue weighted by Gasteiger charge is 2.30. The van der Waals surface area contributed by atoms with Gasteiger partial charge in [-0.1, -0.05) is 230 Å². The molecule has 0 amide bonds. The second-order valence-electron chi connectivity index (χ2n) is 24.5. The third-order valence-electron chi connectivity index (χ3n) is 15.4. The molecule has 0 aliphatic rings. The molecule has 0 aliphatic carbocycles. The molecule has 0 fully saturated rings. The number of aliphatic hydroxyl groups excluding tert-OH is 1. The van der Waals surface area contributed by atoms with Gasteiger partial charge >= 0.3 is 39.5 Å². The summed E-state index contributed by atoms with van der Waals surface area (Å²) in [6.45, 7) is 4.75. The summed E-state index contributed by atoms with van der Waals surface area (Å²) >= 11 is 0. The zero-order chi connectivity index (χ0) is 67.5. The van der Waals surface area contributed by atoms with Crippen LogP contribution >= 0.6 is 15.6 Å². The number of allylic oxidation sites excluding steroid dienone is 10. The van der Waals surface area contributed by atoms with Gasteiger partial charge in [0, 0.05) is 25.7 Å². The van der Waals surface area contributed by atoms with Gasteiger partial charge in [-0.15, -0.1) is 0 Å². The maximum Gasteiger partial charge on any atom is 0.472 e. The minimum Gasteiger partial charge on any atom is -0.462 e. The average molecular weight is 1340 g/mol. The number of carbonyl (C=O) groups is 4. The Labute approximate surface area is 559 Å². The first-order valence-electron chi connectivity index (χ1n) is 36.5. The maximum absolute atomic E-state index is 13.0. The summed E-state index contributed by atoms with van der Waals surface area (Å²) in [7, 11) is -9.93. The number of phosphoric acid groups is 2. The summed E-state index contributed by atoms with van der Waals surface area (Å²) in [5.74, 6) is -2.20. The van der Waals surface area contributed by atoms with Crippen LogP contribution in [0.1, 0.15) is 323 Å². The Kier molecular flexibility index (Phi) is 64.0. The number of esters is 4. The van der Waals surface area contributed by atoms with Crippen LogP contribution in [-0.4, -0.2) is 96.7 Å². The fourth-order valence-corrected chi connectivity index (χ4v) is 11.3. The van der Waals surface area contributed by atoms with Crippen LogP contribution in [0.3, 0.4) is 0 Å². The van der Waals surface area contributed by atoms with Crippen LogP contribution in [-0.2, 0) is 65.4 Å². The van der Waals surface area contributed by atoms with Crippen molar-refractivity contribution in [1.82, 2.24) is 0 Å². The lowest BCUT2D eigenvalue weighted by Crippen LogP contribution is -2.30. The van der Waals surface area contributed by atoms with Crippen LogP contribution in [0.5, 0.6) is 0 Å². The van der Waals surface area contributed by atoms with E-state index in [2.05, 4.69) is 88.5 Å². The van der Waals surface area contributed by atoms with Crippen molar-refractivity contribution in [3.63, 3.8) is 0 Å². The molecule has 0 saturated carbocycles. The zero-order valence-corrected chi connectivity index (χ0v) is 60.0. The molecular formula is C73H132O17P2. The van der Waals surface area contributed by atoms with Crippen LogP contribution in [0, 0.1) is 0 Å². The van der Waals surface area contributed by atoms with Gasteiger partial charge in [-0.05, 0) is 128 Å². The molecule has 0 aromatic rings. The number of ether oxygens (including phenoxy) is 4. The van der Waals surface area contributed by atoms with Crippen LogP contribution in [0.2, 0.25) is 0 Å². The van der Waals surface area contributed by atoms with Gasteiger partial charge in [-0.2, -0.15) is 0 Å². The number of aliphatic hydroxyl groups is 1. The van der Waals surface area contributed by atoms with Gasteiger partial charge in [0.1, 0.15) is 19.3 Å². The Hall–Kier alpha value is -3.24. The van der Waals surface area contributed by atoms with Gasteiger partial charge in [-0.25, -0.2) is 9.13 Å². The van der Waals surface area contributed by atoms with Crippen molar-refractivity contribution in [1.29, 1.82) is 0 Å².